The lowest BCUT2D eigenvalue weighted by Gasteiger charge is -2.24. The Kier molecular flexibility index (Phi) is 6.59. The van der Waals surface area contributed by atoms with Gasteiger partial charge in [-0.25, -0.2) is 4.68 Å². The van der Waals surface area contributed by atoms with Crippen molar-refractivity contribution in [1.82, 2.24) is 14.9 Å². The fraction of sp³-hybridized carbons (Fsp3) is 0.391. The maximum atomic E-state index is 13.2. The van der Waals surface area contributed by atoms with E-state index in [2.05, 4.69) is 10.3 Å². The standard InChI is InChI=1S/C23H26F3N5O3/c1-12(2)31-20(27)18(21(28)33)19(29-31)14-7-5-13(6-8-14)9-15(32)10-16-11-17(30-34-16)22(3,4)23(24,25)26/h5-8,11-12H,9-10,27H2,1-4H3,(H2,28,33). The van der Waals surface area contributed by atoms with Crippen molar-refractivity contribution in [3.8, 4) is 11.3 Å². The molecule has 1 aromatic carbocycles. The van der Waals surface area contributed by atoms with Crippen LogP contribution in [0.3, 0.4) is 0 Å². The SMILES string of the molecule is CC(C)n1nc(-c2ccc(CC(=O)Cc3cc(C(C)(C)C(F)(F)F)no3)cc2)c(C(N)=O)c1N. The second kappa shape index (κ2) is 8.96. The lowest BCUT2D eigenvalue weighted by Crippen LogP contribution is -2.36. The van der Waals surface area contributed by atoms with Crippen molar-refractivity contribution >= 4 is 17.5 Å². The van der Waals surface area contributed by atoms with Crippen LogP contribution in [-0.2, 0) is 23.1 Å². The van der Waals surface area contributed by atoms with E-state index in [0.29, 0.717) is 16.8 Å². The number of alkyl halides is 3. The molecule has 2 heterocycles. The van der Waals surface area contributed by atoms with Gasteiger partial charge in [-0.1, -0.05) is 29.4 Å². The van der Waals surface area contributed by atoms with Crippen LogP contribution in [-0.4, -0.2) is 32.8 Å². The molecule has 0 atom stereocenters. The van der Waals surface area contributed by atoms with Crippen LogP contribution in [0.1, 0.15) is 61.1 Å². The van der Waals surface area contributed by atoms with Gasteiger partial charge in [0.1, 0.15) is 34.0 Å². The Bertz CT molecular complexity index is 1210. The van der Waals surface area contributed by atoms with Gasteiger partial charge in [0.25, 0.3) is 5.91 Å². The van der Waals surface area contributed by atoms with Gasteiger partial charge in [0.2, 0.25) is 0 Å². The Hall–Kier alpha value is -3.63. The molecule has 0 fully saturated rings. The van der Waals surface area contributed by atoms with Crippen LogP contribution >= 0.6 is 0 Å². The fourth-order valence-electron chi connectivity index (χ4n) is 3.39. The van der Waals surface area contributed by atoms with E-state index >= 15 is 0 Å². The second-order valence-electron chi connectivity index (χ2n) is 8.90. The van der Waals surface area contributed by atoms with Crippen molar-refractivity contribution in [1.29, 1.82) is 0 Å². The molecule has 0 unspecified atom stereocenters. The molecule has 0 aliphatic heterocycles. The highest BCUT2D eigenvalue weighted by atomic mass is 19.4. The van der Waals surface area contributed by atoms with Gasteiger partial charge in [0.15, 0.2) is 0 Å². The number of amides is 1. The number of Topliss-reactive ketones (excluding diaryl/α,β-unsaturated/α-hetero) is 1. The zero-order valence-electron chi connectivity index (χ0n) is 19.2. The predicted molar refractivity (Wildman–Crippen MR) is 119 cm³/mol. The molecule has 0 radical (unpaired) electrons. The number of hydrogen-bond acceptors (Lipinski definition) is 6. The maximum absolute atomic E-state index is 13.2. The number of carbonyl (C=O) groups excluding carboxylic acids is 2. The normalized spacial score (nSPS) is 12.4. The van der Waals surface area contributed by atoms with E-state index in [1.165, 1.54) is 4.68 Å². The van der Waals surface area contributed by atoms with E-state index in [4.69, 9.17) is 16.0 Å². The highest BCUT2D eigenvalue weighted by molar-refractivity contribution is 6.03. The van der Waals surface area contributed by atoms with E-state index in [-0.39, 0.29) is 47.5 Å². The fourth-order valence-corrected chi connectivity index (χ4v) is 3.39. The monoisotopic (exact) mass is 477 g/mol. The summed E-state index contributed by atoms with van der Waals surface area (Å²) < 4.78 is 46.0. The van der Waals surface area contributed by atoms with Gasteiger partial charge in [-0.05, 0) is 33.3 Å². The average Bonchev–Trinajstić information content (AvgIpc) is 3.32. The number of nitrogens with zero attached hydrogens (tertiary/aromatic N) is 3. The average molecular weight is 477 g/mol. The Balaban J connectivity index is 1.74. The number of benzene rings is 1. The number of aromatic nitrogens is 3. The van der Waals surface area contributed by atoms with Crippen LogP contribution in [0.4, 0.5) is 19.0 Å². The number of hydrogen-bond donors (Lipinski definition) is 2. The number of nitrogens with two attached hydrogens (primary N) is 2. The minimum atomic E-state index is -4.50. The molecule has 0 aliphatic rings. The second-order valence-corrected chi connectivity index (χ2v) is 8.90. The Labute approximate surface area is 194 Å². The third-order valence-electron chi connectivity index (χ3n) is 5.59. The van der Waals surface area contributed by atoms with Gasteiger partial charge in [-0.2, -0.15) is 18.3 Å². The smallest absolute Gasteiger partial charge is 0.383 e. The molecule has 4 N–H and O–H groups in total. The maximum Gasteiger partial charge on any atom is 0.399 e. The molecule has 3 aromatic rings. The Morgan fingerprint density at radius 1 is 1.12 bits per heavy atom. The topological polar surface area (TPSA) is 130 Å². The van der Waals surface area contributed by atoms with Crippen LogP contribution in [0.2, 0.25) is 0 Å². The number of ketones is 1. The summed E-state index contributed by atoms with van der Waals surface area (Å²) in [6, 6.07) is 7.86. The van der Waals surface area contributed by atoms with E-state index in [1.807, 2.05) is 13.8 Å². The zero-order chi connectivity index (χ0) is 25.4. The summed E-state index contributed by atoms with van der Waals surface area (Å²) in [5.74, 6) is -0.711. The Morgan fingerprint density at radius 3 is 2.26 bits per heavy atom. The largest absolute Gasteiger partial charge is 0.399 e. The number of primary amides is 1. The number of nitrogen functional groups attached to an aromatic ring is 1. The molecule has 182 valence electrons. The number of halogens is 3. The summed E-state index contributed by atoms with van der Waals surface area (Å²) in [6.07, 6.45) is -4.66. The van der Waals surface area contributed by atoms with Gasteiger partial charge in [-0.15, -0.1) is 0 Å². The lowest BCUT2D eigenvalue weighted by atomic mass is 9.88. The quantitative estimate of drug-likeness (QED) is 0.504. The first-order valence-corrected chi connectivity index (χ1v) is 10.5. The van der Waals surface area contributed by atoms with Crippen molar-refractivity contribution in [2.24, 2.45) is 5.73 Å². The number of rotatable bonds is 8. The van der Waals surface area contributed by atoms with Crippen molar-refractivity contribution in [2.75, 3.05) is 5.73 Å². The van der Waals surface area contributed by atoms with Crippen LogP contribution in [0.15, 0.2) is 34.9 Å². The van der Waals surface area contributed by atoms with Crippen molar-refractivity contribution in [3.63, 3.8) is 0 Å². The molecule has 0 spiro atoms. The van der Waals surface area contributed by atoms with Gasteiger partial charge in [-0.3, -0.25) is 9.59 Å². The Morgan fingerprint density at radius 2 is 1.74 bits per heavy atom. The van der Waals surface area contributed by atoms with Gasteiger partial charge in [0, 0.05) is 24.1 Å². The van der Waals surface area contributed by atoms with Crippen molar-refractivity contribution in [2.45, 2.75) is 58.2 Å². The number of carbonyl (C=O) groups is 2. The van der Waals surface area contributed by atoms with Gasteiger partial charge >= 0.3 is 6.18 Å². The number of anilines is 1. The van der Waals surface area contributed by atoms with Gasteiger partial charge < -0.3 is 16.0 Å². The molecule has 34 heavy (non-hydrogen) atoms. The van der Waals surface area contributed by atoms with E-state index in [1.54, 1.807) is 24.3 Å². The van der Waals surface area contributed by atoms with Crippen LogP contribution in [0.25, 0.3) is 11.3 Å². The molecular weight excluding hydrogens is 451 g/mol. The lowest BCUT2D eigenvalue weighted by molar-refractivity contribution is -0.181. The summed E-state index contributed by atoms with van der Waals surface area (Å²) in [6.45, 7) is 5.74. The first-order chi connectivity index (χ1) is 15.7. The molecular formula is C23H26F3N5O3. The molecule has 0 saturated carbocycles. The first kappa shape index (κ1) is 25.0. The highest BCUT2D eigenvalue weighted by Crippen LogP contribution is 2.40. The van der Waals surface area contributed by atoms with Crippen molar-refractivity contribution < 1.29 is 27.3 Å². The van der Waals surface area contributed by atoms with Crippen molar-refractivity contribution in [3.05, 3.63) is 52.9 Å². The summed E-state index contributed by atoms with van der Waals surface area (Å²) in [4.78, 5) is 24.4. The van der Waals surface area contributed by atoms with Crippen LogP contribution in [0.5, 0.6) is 0 Å². The van der Waals surface area contributed by atoms with E-state index < -0.39 is 17.5 Å². The molecule has 0 aliphatic carbocycles. The van der Waals surface area contributed by atoms with Gasteiger partial charge in [0.05, 0.1) is 12.1 Å². The zero-order valence-corrected chi connectivity index (χ0v) is 19.2. The molecule has 1 amide bonds. The van der Waals surface area contributed by atoms with Crippen LogP contribution in [0, 0.1) is 0 Å². The summed E-state index contributed by atoms with van der Waals surface area (Å²) >= 11 is 0. The summed E-state index contributed by atoms with van der Waals surface area (Å²) in [5.41, 5.74) is 10.8. The molecule has 8 nitrogen and oxygen atoms in total. The molecule has 0 saturated heterocycles. The molecule has 3 rings (SSSR count). The molecule has 0 bridgehead atoms. The first-order valence-electron chi connectivity index (χ1n) is 10.5. The molecule has 2 aromatic heterocycles. The molecule has 11 heteroatoms. The third kappa shape index (κ3) is 4.82. The van der Waals surface area contributed by atoms with Crippen LogP contribution < -0.4 is 11.5 Å². The minimum absolute atomic E-state index is 0.0320. The predicted octanol–water partition coefficient (Wildman–Crippen LogP) is 3.99. The minimum Gasteiger partial charge on any atom is -0.383 e. The highest BCUT2D eigenvalue weighted by Gasteiger charge is 2.50. The van der Waals surface area contributed by atoms with E-state index in [9.17, 15) is 22.8 Å². The summed E-state index contributed by atoms with van der Waals surface area (Å²) in [5, 5.41) is 7.91. The third-order valence-corrected chi connectivity index (χ3v) is 5.59. The summed E-state index contributed by atoms with van der Waals surface area (Å²) in [7, 11) is 0. The van der Waals surface area contributed by atoms with E-state index in [0.717, 1.165) is 19.9 Å².